The molecule has 1 saturated heterocycles. The number of thioether (sulfide) groups is 1. The van der Waals surface area contributed by atoms with Gasteiger partial charge in [-0.15, -0.1) is 0 Å². The molecule has 2 heterocycles. The molecule has 0 spiro atoms. The second kappa shape index (κ2) is 10.8. The van der Waals surface area contributed by atoms with Crippen molar-refractivity contribution in [1.29, 1.82) is 0 Å². The number of likely N-dealkylation sites (N-methyl/N-ethyl adjacent to an activating group) is 1. The van der Waals surface area contributed by atoms with Crippen LogP contribution in [0.4, 0.5) is 5.82 Å². The molecule has 0 aliphatic carbocycles. The molecular weight excluding hydrogens is 442 g/mol. The first-order chi connectivity index (χ1) is 15.6. The number of halogens is 1. The van der Waals surface area contributed by atoms with Crippen molar-refractivity contribution >= 4 is 35.1 Å². The van der Waals surface area contributed by atoms with Gasteiger partial charge in [0, 0.05) is 50.1 Å². The van der Waals surface area contributed by atoms with Crippen LogP contribution in [0.25, 0.3) is 0 Å². The van der Waals surface area contributed by atoms with E-state index in [2.05, 4.69) is 27.1 Å². The number of carbonyl (C=O) groups is 1. The fraction of sp³-hybridized carbons (Fsp3) is 0.292. The summed E-state index contributed by atoms with van der Waals surface area (Å²) in [5.74, 6) is 1.50. The molecule has 166 valence electrons. The van der Waals surface area contributed by atoms with Crippen LogP contribution in [0.3, 0.4) is 0 Å². The van der Waals surface area contributed by atoms with Crippen molar-refractivity contribution in [1.82, 2.24) is 20.2 Å². The lowest BCUT2D eigenvalue weighted by Gasteiger charge is -2.33. The van der Waals surface area contributed by atoms with Crippen LogP contribution >= 0.6 is 23.4 Å². The van der Waals surface area contributed by atoms with Gasteiger partial charge >= 0.3 is 0 Å². The van der Waals surface area contributed by atoms with Crippen LogP contribution in [0.15, 0.2) is 65.8 Å². The third kappa shape index (κ3) is 6.22. The molecule has 0 saturated carbocycles. The van der Waals surface area contributed by atoms with Crippen LogP contribution in [-0.4, -0.2) is 54.0 Å². The molecule has 2 aromatic carbocycles. The molecule has 0 atom stereocenters. The fourth-order valence-electron chi connectivity index (χ4n) is 3.43. The Morgan fingerprint density at radius 1 is 1.00 bits per heavy atom. The number of nitrogens with one attached hydrogen (secondary N) is 1. The summed E-state index contributed by atoms with van der Waals surface area (Å²) in [6, 6.07) is 19.4. The van der Waals surface area contributed by atoms with Gasteiger partial charge in [-0.1, -0.05) is 65.8 Å². The van der Waals surface area contributed by atoms with E-state index < -0.39 is 0 Å². The molecule has 3 aromatic rings. The van der Waals surface area contributed by atoms with Gasteiger partial charge in [0.15, 0.2) is 5.16 Å². The maximum Gasteiger partial charge on any atom is 0.251 e. The van der Waals surface area contributed by atoms with Crippen molar-refractivity contribution in [3.63, 3.8) is 0 Å². The topological polar surface area (TPSA) is 61.4 Å². The average molecular weight is 468 g/mol. The summed E-state index contributed by atoms with van der Waals surface area (Å²) in [6.45, 7) is 4.40. The van der Waals surface area contributed by atoms with E-state index in [0.717, 1.165) is 43.1 Å². The SMILES string of the molecule is CN1CCN(c2cc(Cl)nc(SCc3ccc(C(=O)NCc4ccccc4)cc3)n2)CC1. The highest BCUT2D eigenvalue weighted by molar-refractivity contribution is 7.98. The Morgan fingerprint density at radius 3 is 2.44 bits per heavy atom. The summed E-state index contributed by atoms with van der Waals surface area (Å²) in [5, 5.41) is 4.08. The van der Waals surface area contributed by atoms with Gasteiger partial charge < -0.3 is 15.1 Å². The zero-order valence-corrected chi connectivity index (χ0v) is 19.6. The highest BCUT2D eigenvalue weighted by atomic mass is 35.5. The van der Waals surface area contributed by atoms with Crippen molar-refractivity contribution in [2.75, 3.05) is 38.1 Å². The standard InChI is InChI=1S/C24H26ClN5OS/c1-29-11-13-30(14-12-29)22-15-21(25)27-24(28-22)32-17-19-7-9-20(10-8-19)23(31)26-16-18-5-3-2-4-6-18/h2-10,15H,11-14,16-17H2,1H3,(H,26,31). The first-order valence-electron chi connectivity index (χ1n) is 10.6. The Kier molecular flexibility index (Phi) is 7.63. The van der Waals surface area contributed by atoms with Gasteiger partial charge in [0.25, 0.3) is 5.91 Å². The monoisotopic (exact) mass is 467 g/mol. The van der Waals surface area contributed by atoms with Crippen molar-refractivity contribution in [2.45, 2.75) is 17.5 Å². The molecule has 1 aliphatic rings. The molecule has 0 radical (unpaired) electrons. The number of rotatable bonds is 7. The second-order valence-corrected chi connectivity index (χ2v) is 9.11. The highest BCUT2D eigenvalue weighted by Gasteiger charge is 2.17. The van der Waals surface area contributed by atoms with E-state index in [1.54, 1.807) is 11.8 Å². The van der Waals surface area contributed by atoms with Gasteiger partial charge in [0.05, 0.1) is 0 Å². The summed E-state index contributed by atoms with van der Waals surface area (Å²) < 4.78 is 0. The Hall–Kier alpha value is -2.61. The summed E-state index contributed by atoms with van der Waals surface area (Å²) >= 11 is 7.81. The summed E-state index contributed by atoms with van der Waals surface area (Å²) in [5.41, 5.74) is 2.82. The zero-order chi connectivity index (χ0) is 22.3. The molecule has 0 unspecified atom stereocenters. The molecule has 4 rings (SSSR count). The minimum absolute atomic E-state index is 0.0805. The number of anilines is 1. The lowest BCUT2D eigenvalue weighted by Crippen LogP contribution is -2.44. The normalized spacial score (nSPS) is 14.4. The van der Waals surface area contributed by atoms with Crippen molar-refractivity contribution in [2.24, 2.45) is 0 Å². The van der Waals surface area contributed by atoms with Crippen molar-refractivity contribution < 1.29 is 4.79 Å². The molecule has 1 aromatic heterocycles. The van der Waals surface area contributed by atoms with Gasteiger partial charge in [0.2, 0.25) is 0 Å². The maximum absolute atomic E-state index is 12.4. The lowest BCUT2D eigenvalue weighted by atomic mass is 10.1. The first kappa shape index (κ1) is 22.6. The molecule has 8 heteroatoms. The van der Waals surface area contributed by atoms with E-state index in [0.29, 0.717) is 28.2 Å². The molecular formula is C24H26ClN5OS. The Balaban J connectivity index is 1.32. The predicted molar refractivity (Wildman–Crippen MR) is 130 cm³/mol. The van der Waals surface area contributed by atoms with E-state index in [1.165, 1.54) is 0 Å². The minimum Gasteiger partial charge on any atom is -0.354 e. The quantitative estimate of drug-likeness (QED) is 0.320. The van der Waals surface area contributed by atoms with Crippen LogP contribution in [0.5, 0.6) is 0 Å². The molecule has 1 aliphatic heterocycles. The van der Waals surface area contributed by atoms with Crippen LogP contribution < -0.4 is 10.2 Å². The lowest BCUT2D eigenvalue weighted by molar-refractivity contribution is 0.0951. The number of hydrogen-bond donors (Lipinski definition) is 1. The fourth-order valence-corrected chi connectivity index (χ4v) is 4.46. The van der Waals surface area contributed by atoms with E-state index in [-0.39, 0.29) is 5.91 Å². The molecule has 32 heavy (non-hydrogen) atoms. The summed E-state index contributed by atoms with van der Waals surface area (Å²) in [7, 11) is 2.13. The number of hydrogen-bond acceptors (Lipinski definition) is 6. The molecule has 1 amide bonds. The van der Waals surface area contributed by atoms with Gasteiger partial charge in [-0.2, -0.15) is 0 Å². The maximum atomic E-state index is 12.4. The smallest absolute Gasteiger partial charge is 0.251 e. The number of nitrogens with zero attached hydrogens (tertiary/aromatic N) is 4. The summed E-state index contributed by atoms with van der Waals surface area (Å²) in [4.78, 5) is 26.0. The molecule has 6 nitrogen and oxygen atoms in total. The van der Waals surface area contributed by atoms with Crippen molar-refractivity contribution in [3.8, 4) is 0 Å². The number of amides is 1. The Morgan fingerprint density at radius 2 is 1.72 bits per heavy atom. The zero-order valence-electron chi connectivity index (χ0n) is 18.0. The van der Waals surface area contributed by atoms with E-state index >= 15 is 0 Å². The Labute approximate surface area is 198 Å². The van der Waals surface area contributed by atoms with E-state index in [4.69, 9.17) is 16.6 Å². The van der Waals surface area contributed by atoms with E-state index in [1.807, 2.05) is 60.7 Å². The average Bonchev–Trinajstić information content (AvgIpc) is 2.82. The largest absolute Gasteiger partial charge is 0.354 e. The van der Waals surface area contributed by atoms with Crippen LogP contribution in [0, 0.1) is 0 Å². The molecule has 0 bridgehead atoms. The minimum atomic E-state index is -0.0805. The van der Waals surface area contributed by atoms with Crippen LogP contribution in [0.2, 0.25) is 5.15 Å². The molecule has 1 fully saturated rings. The number of aromatic nitrogens is 2. The number of benzene rings is 2. The number of piperazine rings is 1. The third-order valence-electron chi connectivity index (χ3n) is 5.37. The van der Waals surface area contributed by atoms with Gasteiger partial charge in [-0.3, -0.25) is 4.79 Å². The first-order valence-corrected chi connectivity index (χ1v) is 11.9. The third-order valence-corrected chi connectivity index (χ3v) is 6.48. The second-order valence-electron chi connectivity index (χ2n) is 7.78. The predicted octanol–water partition coefficient (Wildman–Crippen LogP) is 4.10. The van der Waals surface area contributed by atoms with Crippen LogP contribution in [0.1, 0.15) is 21.5 Å². The van der Waals surface area contributed by atoms with Crippen molar-refractivity contribution in [3.05, 3.63) is 82.5 Å². The molecule has 1 N–H and O–H groups in total. The van der Waals surface area contributed by atoms with Crippen LogP contribution in [-0.2, 0) is 12.3 Å². The summed E-state index contributed by atoms with van der Waals surface area (Å²) in [6.07, 6.45) is 0. The van der Waals surface area contributed by atoms with Gasteiger partial charge in [0.1, 0.15) is 11.0 Å². The van der Waals surface area contributed by atoms with Gasteiger partial charge in [-0.05, 0) is 30.3 Å². The van der Waals surface area contributed by atoms with Gasteiger partial charge in [-0.25, -0.2) is 9.97 Å². The number of carbonyl (C=O) groups excluding carboxylic acids is 1. The Bertz CT molecular complexity index is 1040. The van der Waals surface area contributed by atoms with E-state index in [9.17, 15) is 4.79 Å². The highest BCUT2D eigenvalue weighted by Crippen LogP contribution is 2.25.